The normalized spacial score (nSPS) is 18.2. The molecule has 1 fully saturated rings. The quantitative estimate of drug-likeness (QED) is 0.761. The first-order chi connectivity index (χ1) is 12.9. The van der Waals surface area contributed by atoms with Gasteiger partial charge in [-0.1, -0.05) is 30.3 Å². The van der Waals surface area contributed by atoms with Crippen molar-refractivity contribution in [3.05, 3.63) is 59.8 Å². The SMILES string of the molecule is CCN(c1cc(C(=O)N(C)Cc2ccccc2)ccn1)C1CCS(=O)(=O)C1. The van der Waals surface area contributed by atoms with Crippen LogP contribution in [0.1, 0.15) is 29.3 Å². The number of sulfone groups is 1. The first-order valence-corrected chi connectivity index (χ1v) is 10.9. The summed E-state index contributed by atoms with van der Waals surface area (Å²) in [6, 6.07) is 13.2. The molecule has 1 amide bonds. The van der Waals surface area contributed by atoms with Gasteiger partial charge in [-0.2, -0.15) is 0 Å². The minimum atomic E-state index is -2.98. The lowest BCUT2D eigenvalue weighted by atomic mass is 10.1. The summed E-state index contributed by atoms with van der Waals surface area (Å²) in [5.41, 5.74) is 1.62. The van der Waals surface area contributed by atoms with Gasteiger partial charge in [-0.05, 0) is 31.0 Å². The Kier molecular flexibility index (Phi) is 5.79. The van der Waals surface area contributed by atoms with Crippen molar-refractivity contribution in [1.29, 1.82) is 0 Å². The molecule has 0 spiro atoms. The average Bonchev–Trinajstić information content (AvgIpc) is 3.02. The first-order valence-electron chi connectivity index (χ1n) is 9.12. The molecular weight excluding hydrogens is 362 g/mol. The standard InChI is InChI=1S/C20H25N3O3S/c1-3-23(18-10-12-27(25,26)15-18)19-13-17(9-11-21-19)20(24)22(2)14-16-7-5-4-6-8-16/h4-9,11,13,18H,3,10,12,14-15H2,1-2H3. The van der Waals surface area contributed by atoms with Crippen LogP contribution >= 0.6 is 0 Å². The number of benzene rings is 1. The van der Waals surface area contributed by atoms with Crippen molar-refractivity contribution in [2.75, 3.05) is 30.0 Å². The van der Waals surface area contributed by atoms with Gasteiger partial charge in [0.1, 0.15) is 5.82 Å². The Labute approximate surface area is 160 Å². The molecule has 0 bridgehead atoms. The van der Waals surface area contributed by atoms with Crippen molar-refractivity contribution in [3.8, 4) is 0 Å². The monoisotopic (exact) mass is 387 g/mol. The van der Waals surface area contributed by atoms with E-state index in [1.807, 2.05) is 42.2 Å². The molecule has 0 saturated carbocycles. The summed E-state index contributed by atoms with van der Waals surface area (Å²) in [7, 11) is -1.20. The molecule has 27 heavy (non-hydrogen) atoms. The summed E-state index contributed by atoms with van der Waals surface area (Å²) in [4.78, 5) is 20.9. The Bertz CT molecular complexity index is 900. The molecule has 0 radical (unpaired) electrons. The minimum absolute atomic E-state index is 0.0834. The Morgan fingerprint density at radius 3 is 2.59 bits per heavy atom. The maximum Gasteiger partial charge on any atom is 0.254 e. The summed E-state index contributed by atoms with van der Waals surface area (Å²) >= 11 is 0. The second kappa shape index (κ2) is 8.08. The molecule has 0 aliphatic carbocycles. The smallest absolute Gasteiger partial charge is 0.254 e. The predicted octanol–water partition coefficient (Wildman–Crippen LogP) is 2.37. The maximum atomic E-state index is 12.8. The van der Waals surface area contributed by atoms with Crippen molar-refractivity contribution in [3.63, 3.8) is 0 Å². The molecule has 1 aromatic heterocycles. The molecule has 2 heterocycles. The number of amides is 1. The van der Waals surface area contributed by atoms with Gasteiger partial charge < -0.3 is 9.80 Å². The van der Waals surface area contributed by atoms with Crippen molar-refractivity contribution < 1.29 is 13.2 Å². The third-order valence-corrected chi connectivity index (χ3v) is 6.64. The fourth-order valence-corrected chi connectivity index (χ4v) is 5.22. The molecule has 1 atom stereocenters. The van der Waals surface area contributed by atoms with E-state index >= 15 is 0 Å². The zero-order valence-electron chi connectivity index (χ0n) is 15.7. The molecule has 144 valence electrons. The first kappa shape index (κ1) is 19.4. The van der Waals surface area contributed by atoms with Crippen LogP contribution in [0.2, 0.25) is 0 Å². The van der Waals surface area contributed by atoms with Gasteiger partial charge >= 0.3 is 0 Å². The van der Waals surface area contributed by atoms with Gasteiger partial charge in [-0.25, -0.2) is 13.4 Å². The number of hydrogen-bond donors (Lipinski definition) is 0. The van der Waals surface area contributed by atoms with Crippen LogP contribution in [0, 0.1) is 0 Å². The van der Waals surface area contributed by atoms with Crippen molar-refractivity contribution in [1.82, 2.24) is 9.88 Å². The number of anilines is 1. The van der Waals surface area contributed by atoms with E-state index in [0.717, 1.165) is 5.56 Å². The summed E-state index contributed by atoms with van der Waals surface area (Å²) in [6.07, 6.45) is 2.22. The summed E-state index contributed by atoms with van der Waals surface area (Å²) < 4.78 is 23.6. The number of carbonyl (C=O) groups is 1. The van der Waals surface area contributed by atoms with E-state index in [-0.39, 0.29) is 23.5 Å². The van der Waals surface area contributed by atoms with E-state index in [2.05, 4.69) is 4.98 Å². The molecule has 2 aromatic rings. The highest BCUT2D eigenvalue weighted by Crippen LogP contribution is 2.23. The molecule has 0 N–H and O–H groups in total. The van der Waals surface area contributed by atoms with Crippen LogP contribution in [0.5, 0.6) is 0 Å². The summed E-state index contributed by atoms with van der Waals surface area (Å²) in [5, 5.41) is 0. The fourth-order valence-electron chi connectivity index (χ4n) is 3.49. The van der Waals surface area contributed by atoms with E-state index in [0.29, 0.717) is 30.9 Å². The van der Waals surface area contributed by atoms with Gasteiger partial charge in [-0.15, -0.1) is 0 Å². The predicted molar refractivity (Wildman–Crippen MR) is 107 cm³/mol. The molecule has 1 saturated heterocycles. The lowest BCUT2D eigenvalue weighted by molar-refractivity contribution is 0.0785. The Morgan fingerprint density at radius 2 is 1.96 bits per heavy atom. The molecule has 1 aromatic carbocycles. The number of hydrogen-bond acceptors (Lipinski definition) is 5. The average molecular weight is 388 g/mol. The molecule has 7 heteroatoms. The van der Waals surface area contributed by atoms with Crippen LogP contribution in [-0.4, -0.2) is 55.3 Å². The lowest BCUT2D eigenvalue weighted by Crippen LogP contribution is -2.37. The zero-order chi connectivity index (χ0) is 19.4. The highest BCUT2D eigenvalue weighted by atomic mass is 32.2. The summed E-state index contributed by atoms with van der Waals surface area (Å²) in [6.45, 7) is 3.14. The van der Waals surface area contributed by atoms with E-state index in [1.165, 1.54) is 0 Å². The second-order valence-electron chi connectivity index (χ2n) is 6.89. The van der Waals surface area contributed by atoms with E-state index in [1.54, 1.807) is 30.3 Å². The van der Waals surface area contributed by atoms with Crippen molar-refractivity contribution in [2.45, 2.75) is 25.9 Å². The number of carbonyl (C=O) groups excluding carboxylic acids is 1. The van der Waals surface area contributed by atoms with E-state index in [4.69, 9.17) is 0 Å². The van der Waals surface area contributed by atoms with Crippen LogP contribution in [0.15, 0.2) is 48.7 Å². The van der Waals surface area contributed by atoms with Crippen LogP contribution in [0.25, 0.3) is 0 Å². The number of rotatable bonds is 6. The molecular formula is C20H25N3O3S. The zero-order valence-corrected chi connectivity index (χ0v) is 16.5. The van der Waals surface area contributed by atoms with Crippen LogP contribution in [0.3, 0.4) is 0 Å². The molecule has 1 aliphatic heterocycles. The fraction of sp³-hybridized carbons (Fsp3) is 0.400. The molecule has 1 unspecified atom stereocenters. The highest BCUT2D eigenvalue weighted by Gasteiger charge is 2.32. The summed E-state index contributed by atoms with van der Waals surface area (Å²) in [5.74, 6) is 0.928. The lowest BCUT2D eigenvalue weighted by Gasteiger charge is -2.28. The largest absolute Gasteiger partial charge is 0.353 e. The van der Waals surface area contributed by atoms with Gasteiger partial charge in [0.25, 0.3) is 5.91 Å². The molecule has 1 aliphatic rings. The Balaban J connectivity index is 1.76. The third kappa shape index (κ3) is 4.66. The number of nitrogens with zero attached hydrogens (tertiary/aromatic N) is 3. The van der Waals surface area contributed by atoms with Crippen LogP contribution in [-0.2, 0) is 16.4 Å². The minimum Gasteiger partial charge on any atom is -0.353 e. The number of pyridine rings is 1. The maximum absolute atomic E-state index is 12.8. The second-order valence-corrected chi connectivity index (χ2v) is 9.12. The van der Waals surface area contributed by atoms with Gasteiger partial charge in [0.05, 0.1) is 11.5 Å². The van der Waals surface area contributed by atoms with Crippen LogP contribution in [0.4, 0.5) is 5.82 Å². The van der Waals surface area contributed by atoms with Gasteiger partial charge in [0.2, 0.25) is 0 Å². The van der Waals surface area contributed by atoms with Crippen molar-refractivity contribution >= 4 is 21.6 Å². The van der Waals surface area contributed by atoms with Crippen molar-refractivity contribution in [2.24, 2.45) is 0 Å². The third-order valence-electron chi connectivity index (χ3n) is 4.89. The Hall–Kier alpha value is -2.41. The number of aromatic nitrogens is 1. The van der Waals surface area contributed by atoms with Gasteiger partial charge in [0, 0.05) is 37.9 Å². The van der Waals surface area contributed by atoms with E-state index < -0.39 is 9.84 Å². The highest BCUT2D eigenvalue weighted by molar-refractivity contribution is 7.91. The van der Waals surface area contributed by atoms with Gasteiger partial charge in [-0.3, -0.25) is 4.79 Å². The molecule has 6 nitrogen and oxygen atoms in total. The van der Waals surface area contributed by atoms with Crippen LogP contribution < -0.4 is 4.90 Å². The topological polar surface area (TPSA) is 70.6 Å². The molecule has 3 rings (SSSR count). The Morgan fingerprint density at radius 1 is 1.22 bits per heavy atom. The van der Waals surface area contributed by atoms with E-state index in [9.17, 15) is 13.2 Å². The van der Waals surface area contributed by atoms with Gasteiger partial charge in [0.15, 0.2) is 9.84 Å².